The smallest absolute Gasteiger partial charge is 0.332 e. The highest BCUT2D eigenvalue weighted by Crippen LogP contribution is 2.30. The van der Waals surface area contributed by atoms with Crippen LogP contribution >= 0.6 is 0 Å². The number of alkyl halides is 3. The fraction of sp³-hybridized carbons (Fsp3) is 0.692. The number of hydrogen-bond acceptors (Lipinski definition) is 2. The average Bonchev–Trinajstić information content (AvgIpc) is 2.70. The number of piperidine rings is 1. The SMILES string of the molecule is C[C@@H]1CCC[C@H](C)N1C(=O)c1cc(C(F)(F)F)n(C)n1. The van der Waals surface area contributed by atoms with Crippen LogP contribution in [-0.2, 0) is 13.2 Å². The van der Waals surface area contributed by atoms with Crippen molar-refractivity contribution in [2.45, 2.75) is 51.4 Å². The predicted octanol–water partition coefficient (Wildman–Crippen LogP) is 2.84. The van der Waals surface area contributed by atoms with Crippen LogP contribution in [0.4, 0.5) is 13.2 Å². The molecule has 112 valence electrons. The van der Waals surface area contributed by atoms with Crippen LogP contribution in [0, 0.1) is 0 Å². The van der Waals surface area contributed by atoms with E-state index in [2.05, 4.69) is 5.10 Å². The quantitative estimate of drug-likeness (QED) is 0.797. The van der Waals surface area contributed by atoms with Gasteiger partial charge in [-0.05, 0) is 33.1 Å². The summed E-state index contributed by atoms with van der Waals surface area (Å²) in [6.07, 6.45) is -1.73. The van der Waals surface area contributed by atoms with Gasteiger partial charge in [0.25, 0.3) is 5.91 Å². The minimum atomic E-state index is -4.50. The van der Waals surface area contributed by atoms with E-state index in [0.29, 0.717) is 4.68 Å². The van der Waals surface area contributed by atoms with Gasteiger partial charge >= 0.3 is 6.18 Å². The summed E-state index contributed by atoms with van der Waals surface area (Å²) in [4.78, 5) is 14.0. The van der Waals surface area contributed by atoms with Gasteiger partial charge in [0.05, 0.1) is 0 Å². The first-order valence-electron chi connectivity index (χ1n) is 6.65. The van der Waals surface area contributed by atoms with Gasteiger partial charge < -0.3 is 4.90 Å². The van der Waals surface area contributed by atoms with Crippen LogP contribution in [0.2, 0.25) is 0 Å². The van der Waals surface area contributed by atoms with Gasteiger partial charge in [0, 0.05) is 25.2 Å². The first-order chi connectivity index (χ1) is 9.21. The van der Waals surface area contributed by atoms with E-state index in [1.54, 1.807) is 4.90 Å². The highest BCUT2D eigenvalue weighted by Gasteiger charge is 2.37. The Morgan fingerprint density at radius 1 is 1.30 bits per heavy atom. The fourth-order valence-corrected chi connectivity index (χ4v) is 2.79. The molecule has 1 amide bonds. The third-order valence-corrected chi connectivity index (χ3v) is 3.82. The Bertz CT molecular complexity index is 499. The van der Waals surface area contributed by atoms with E-state index < -0.39 is 17.8 Å². The second-order valence-electron chi connectivity index (χ2n) is 5.38. The lowest BCUT2D eigenvalue weighted by molar-refractivity contribution is -0.143. The van der Waals surface area contributed by atoms with E-state index in [0.717, 1.165) is 25.3 Å². The number of nitrogens with zero attached hydrogens (tertiary/aromatic N) is 3. The molecule has 2 heterocycles. The number of halogens is 3. The van der Waals surface area contributed by atoms with Crippen LogP contribution in [0.5, 0.6) is 0 Å². The van der Waals surface area contributed by atoms with Crippen molar-refractivity contribution in [1.29, 1.82) is 0 Å². The molecule has 1 aliphatic heterocycles. The Kier molecular flexibility index (Phi) is 3.80. The summed E-state index contributed by atoms with van der Waals surface area (Å²) in [5, 5.41) is 3.73. The van der Waals surface area contributed by atoms with Crippen LogP contribution in [0.25, 0.3) is 0 Å². The summed E-state index contributed by atoms with van der Waals surface area (Å²) in [5.41, 5.74) is -1.04. The van der Waals surface area contributed by atoms with Crippen LogP contribution in [0.1, 0.15) is 49.3 Å². The lowest BCUT2D eigenvalue weighted by Crippen LogP contribution is -2.47. The van der Waals surface area contributed by atoms with Crippen molar-refractivity contribution in [2.24, 2.45) is 7.05 Å². The summed E-state index contributed by atoms with van der Waals surface area (Å²) in [7, 11) is 1.20. The summed E-state index contributed by atoms with van der Waals surface area (Å²) in [6.45, 7) is 3.84. The molecule has 7 heteroatoms. The zero-order chi connectivity index (χ0) is 15.1. The third-order valence-electron chi connectivity index (χ3n) is 3.82. The van der Waals surface area contributed by atoms with E-state index in [1.807, 2.05) is 13.8 Å². The van der Waals surface area contributed by atoms with Gasteiger partial charge in [-0.2, -0.15) is 18.3 Å². The molecule has 1 fully saturated rings. The zero-order valence-corrected chi connectivity index (χ0v) is 11.7. The molecule has 1 aromatic heterocycles. The number of rotatable bonds is 1. The Labute approximate surface area is 115 Å². The molecule has 0 aromatic carbocycles. The number of likely N-dealkylation sites (tertiary alicyclic amines) is 1. The van der Waals surface area contributed by atoms with E-state index in [1.165, 1.54) is 7.05 Å². The molecular formula is C13H18F3N3O. The Hall–Kier alpha value is -1.53. The first kappa shape index (κ1) is 14.9. The van der Waals surface area contributed by atoms with Gasteiger partial charge in [0.15, 0.2) is 5.69 Å². The van der Waals surface area contributed by atoms with E-state index >= 15 is 0 Å². The van der Waals surface area contributed by atoms with Crippen LogP contribution in [0.15, 0.2) is 6.07 Å². The van der Waals surface area contributed by atoms with Gasteiger partial charge in [-0.15, -0.1) is 0 Å². The molecule has 0 saturated carbocycles. The van der Waals surface area contributed by atoms with E-state index in [-0.39, 0.29) is 17.8 Å². The van der Waals surface area contributed by atoms with Crippen LogP contribution < -0.4 is 0 Å². The van der Waals surface area contributed by atoms with Crippen molar-refractivity contribution in [1.82, 2.24) is 14.7 Å². The number of hydrogen-bond donors (Lipinski definition) is 0. The van der Waals surface area contributed by atoms with E-state index in [4.69, 9.17) is 0 Å². The Morgan fingerprint density at radius 3 is 2.30 bits per heavy atom. The van der Waals surface area contributed by atoms with Crippen molar-refractivity contribution in [3.8, 4) is 0 Å². The van der Waals surface area contributed by atoms with Crippen molar-refractivity contribution in [2.75, 3.05) is 0 Å². The Balaban J connectivity index is 2.29. The Morgan fingerprint density at radius 2 is 1.85 bits per heavy atom. The van der Waals surface area contributed by atoms with Crippen molar-refractivity contribution < 1.29 is 18.0 Å². The second-order valence-corrected chi connectivity index (χ2v) is 5.38. The van der Waals surface area contributed by atoms with Gasteiger partial charge in [0.2, 0.25) is 0 Å². The van der Waals surface area contributed by atoms with Crippen LogP contribution in [0.3, 0.4) is 0 Å². The van der Waals surface area contributed by atoms with Crippen molar-refractivity contribution >= 4 is 5.91 Å². The maximum Gasteiger partial charge on any atom is 0.433 e. The fourth-order valence-electron chi connectivity index (χ4n) is 2.79. The standard InChI is InChI=1S/C13H18F3N3O/c1-8-5-4-6-9(2)19(8)12(20)10-7-11(13(14,15)16)18(3)17-10/h7-9H,4-6H2,1-3H3/t8-,9+. The normalized spacial score (nSPS) is 24.0. The van der Waals surface area contributed by atoms with Gasteiger partial charge in [0.1, 0.15) is 5.69 Å². The molecule has 0 unspecified atom stereocenters. The van der Waals surface area contributed by atoms with Crippen molar-refractivity contribution in [3.63, 3.8) is 0 Å². The third kappa shape index (κ3) is 2.66. The molecular weight excluding hydrogens is 271 g/mol. The largest absolute Gasteiger partial charge is 0.433 e. The summed E-state index contributed by atoms with van der Waals surface area (Å²) < 4.78 is 38.9. The molecule has 2 atom stereocenters. The highest BCUT2D eigenvalue weighted by molar-refractivity contribution is 5.93. The molecule has 1 aliphatic rings. The molecule has 2 rings (SSSR count). The van der Waals surface area contributed by atoms with Gasteiger partial charge in [-0.1, -0.05) is 0 Å². The minimum absolute atomic E-state index is 0.0302. The first-order valence-corrected chi connectivity index (χ1v) is 6.65. The molecule has 0 N–H and O–H groups in total. The monoisotopic (exact) mass is 289 g/mol. The average molecular weight is 289 g/mol. The molecule has 0 spiro atoms. The molecule has 20 heavy (non-hydrogen) atoms. The zero-order valence-electron chi connectivity index (χ0n) is 11.7. The molecule has 1 aromatic rings. The summed E-state index contributed by atoms with van der Waals surface area (Å²) in [5.74, 6) is -0.421. The topological polar surface area (TPSA) is 38.1 Å². The van der Waals surface area contributed by atoms with Gasteiger partial charge in [-0.25, -0.2) is 0 Å². The maximum absolute atomic E-state index is 12.7. The molecule has 0 aliphatic carbocycles. The predicted molar refractivity (Wildman–Crippen MR) is 67.2 cm³/mol. The maximum atomic E-state index is 12.7. The number of amides is 1. The summed E-state index contributed by atoms with van der Waals surface area (Å²) >= 11 is 0. The number of carbonyl (C=O) groups excluding carboxylic acids is 1. The minimum Gasteiger partial charge on any atom is -0.332 e. The van der Waals surface area contributed by atoms with E-state index in [9.17, 15) is 18.0 Å². The van der Waals surface area contributed by atoms with Crippen LogP contribution in [-0.4, -0.2) is 32.7 Å². The highest BCUT2D eigenvalue weighted by atomic mass is 19.4. The number of carbonyl (C=O) groups is 1. The summed E-state index contributed by atoms with van der Waals surface area (Å²) in [6, 6.07) is 0.890. The lowest BCUT2D eigenvalue weighted by Gasteiger charge is -2.38. The molecule has 0 radical (unpaired) electrons. The number of aromatic nitrogens is 2. The molecule has 4 nitrogen and oxygen atoms in total. The van der Waals surface area contributed by atoms with Crippen molar-refractivity contribution in [3.05, 3.63) is 17.5 Å². The lowest BCUT2D eigenvalue weighted by atomic mass is 9.97. The molecule has 1 saturated heterocycles. The second kappa shape index (κ2) is 5.10. The van der Waals surface area contributed by atoms with Gasteiger partial charge in [-0.3, -0.25) is 9.48 Å². The molecule has 0 bridgehead atoms. The number of aryl methyl sites for hydroxylation is 1.